The van der Waals surface area contributed by atoms with Gasteiger partial charge in [0.1, 0.15) is 0 Å². The first kappa shape index (κ1) is 38.9. The topological polar surface area (TPSA) is 131 Å². The molecule has 2 aromatic carbocycles. The van der Waals surface area contributed by atoms with Crippen LogP contribution >= 0.6 is 0 Å². The lowest BCUT2D eigenvalue weighted by Crippen LogP contribution is -2.50. The highest BCUT2D eigenvalue weighted by Gasteiger charge is 2.37. The van der Waals surface area contributed by atoms with Crippen LogP contribution in [0.5, 0.6) is 0 Å². The smallest absolute Gasteiger partial charge is 0.416 e. The van der Waals surface area contributed by atoms with Crippen LogP contribution in [0.4, 0.5) is 61.6 Å². The number of carboxylic acid groups (broad SMARTS) is 1. The number of halogens is 9. The van der Waals surface area contributed by atoms with Crippen molar-refractivity contribution in [3.63, 3.8) is 0 Å². The number of urea groups is 1. The van der Waals surface area contributed by atoms with Crippen LogP contribution in [0.15, 0.2) is 48.8 Å². The molecular formula is C31H31F9N6O5. The second-order valence-corrected chi connectivity index (χ2v) is 11.2. The molecule has 0 radical (unpaired) electrons. The van der Waals surface area contributed by atoms with E-state index in [1.165, 1.54) is 19.3 Å². The van der Waals surface area contributed by atoms with Crippen molar-refractivity contribution >= 4 is 29.3 Å². The van der Waals surface area contributed by atoms with Crippen LogP contribution < -0.4 is 20.0 Å². The van der Waals surface area contributed by atoms with Crippen LogP contribution in [-0.4, -0.2) is 77.7 Å². The predicted octanol–water partition coefficient (Wildman–Crippen LogP) is 5.56. The minimum atomic E-state index is -5.19. The van der Waals surface area contributed by atoms with E-state index in [9.17, 15) is 59.3 Å². The number of carbonyl (C=O) groups excluding carboxylic acids is 1. The van der Waals surface area contributed by atoms with Gasteiger partial charge >= 0.3 is 30.5 Å². The number of rotatable bonds is 11. The number of hydrogen-bond donors (Lipinski definition) is 3. The summed E-state index contributed by atoms with van der Waals surface area (Å²) >= 11 is 0. The fourth-order valence-corrected chi connectivity index (χ4v) is 5.18. The molecule has 1 aliphatic rings. The van der Waals surface area contributed by atoms with Crippen molar-refractivity contribution in [1.29, 1.82) is 0 Å². The number of carboxylic acids is 1. The number of alkyl halides is 9. The number of aliphatic hydroxyl groups is 1. The van der Waals surface area contributed by atoms with Crippen LogP contribution in [0.25, 0.3) is 0 Å². The van der Waals surface area contributed by atoms with Gasteiger partial charge < -0.3 is 30.1 Å². The quantitative estimate of drug-likeness (QED) is 0.217. The second-order valence-electron chi connectivity index (χ2n) is 11.2. The molecule has 1 atom stereocenters. The van der Waals surface area contributed by atoms with E-state index in [0.29, 0.717) is 56.3 Å². The van der Waals surface area contributed by atoms with Gasteiger partial charge in [0.15, 0.2) is 6.04 Å². The lowest BCUT2D eigenvalue weighted by Gasteiger charge is -2.30. The van der Waals surface area contributed by atoms with E-state index >= 15 is 0 Å². The van der Waals surface area contributed by atoms with Crippen molar-refractivity contribution in [3.8, 4) is 0 Å². The lowest BCUT2D eigenvalue weighted by molar-refractivity contribution is -0.143. The molecule has 1 saturated heterocycles. The Kier molecular flexibility index (Phi) is 11.9. The zero-order valence-corrected chi connectivity index (χ0v) is 26.6. The van der Waals surface area contributed by atoms with Gasteiger partial charge in [0.05, 0.1) is 60.3 Å². The molecule has 20 heteroatoms. The highest BCUT2D eigenvalue weighted by Crippen LogP contribution is 2.38. The maximum Gasteiger partial charge on any atom is 0.416 e. The molecule has 11 nitrogen and oxygen atoms in total. The first-order valence-corrected chi connectivity index (χ1v) is 15.1. The fourth-order valence-electron chi connectivity index (χ4n) is 5.18. The molecule has 1 unspecified atom stereocenters. The number of aromatic nitrogens is 2. The van der Waals surface area contributed by atoms with Crippen molar-refractivity contribution in [2.24, 2.45) is 0 Å². The highest BCUT2D eigenvalue weighted by molar-refractivity contribution is 5.95. The molecule has 0 aliphatic carbocycles. The summed E-state index contributed by atoms with van der Waals surface area (Å²) in [6, 6.07) is 0.107. The van der Waals surface area contributed by atoms with Gasteiger partial charge in [0.2, 0.25) is 5.95 Å². The molecule has 4 rings (SSSR count). The van der Waals surface area contributed by atoms with E-state index in [2.05, 4.69) is 9.97 Å². The Morgan fingerprint density at radius 3 is 1.94 bits per heavy atom. The maximum atomic E-state index is 13.9. The van der Waals surface area contributed by atoms with Gasteiger partial charge in [-0.15, -0.1) is 0 Å². The van der Waals surface area contributed by atoms with E-state index in [-0.39, 0.29) is 29.8 Å². The maximum absolute atomic E-state index is 13.9. The molecule has 2 amide bonds. The van der Waals surface area contributed by atoms with Crippen LogP contribution in [-0.2, 0) is 41.1 Å². The van der Waals surface area contributed by atoms with Gasteiger partial charge in [0.25, 0.3) is 0 Å². The molecule has 0 spiro atoms. The number of nitrogens with one attached hydrogen (secondary N) is 1. The Morgan fingerprint density at radius 2 is 1.45 bits per heavy atom. The standard InChI is InChI=1S/C31H31F9N6O5/c1-2-46(28(50)43-24(17-47)26(48)49)25-4-3-20(29(32,33)34)11-19(25)16-45(27-41-13-23(14-42-27)44-5-7-51-8-6-44)15-18-9-21(30(35,36)37)12-22(10-18)31(38,39)40/h3-4,9-14,24,47H,2,5-8,15-17H2,1H3,(H,43,50)(H,48,49). The van der Waals surface area contributed by atoms with E-state index in [1.807, 2.05) is 10.2 Å². The normalized spacial score (nSPS) is 14.6. The molecule has 1 fully saturated rings. The third-order valence-electron chi connectivity index (χ3n) is 7.70. The van der Waals surface area contributed by atoms with Gasteiger partial charge in [-0.2, -0.15) is 39.5 Å². The Morgan fingerprint density at radius 1 is 0.882 bits per heavy atom. The number of aliphatic hydroxyl groups excluding tert-OH is 1. The van der Waals surface area contributed by atoms with Crippen molar-refractivity contribution in [2.45, 2.75) is 44.6 Å². The first-order chi connectivity index (χ1) is 23.8. The summed E-state index contributed by atoms with van der Waals surface area (Å²) in [6.45, 7) is 0.339. The third kappa shape index (κ3) is 9.90. The van der Waals surface area contributed by atoms with Crippen LogP contribution in [0.3, 0.4) is 0 Å². The van der Waals surface area contributed by atoms with E-state index in [1.54, 1.807) is 0 Å². The van der Waals surface area contributed by atoms with Crippen LogP contribution in [0.1, 0.15) is 34.7 Å². The van der Waals surface area contributed by atoms with E-state index in [4.69, 9.17) is 4.74 Å². The molecular weight excluding hydrogens is 707 g/mol. The zero-order chi connectivity index (χ0) is 37.7. The largest absolute Gasteiger partial charge is 0.480 e. The van der Waals surface area contributed by atoms with Crippen LogP contribution in [0.2, 0.25) is 0 Å². The van der Waals surface area contributed by atoms with E-state index < -0.39 is 78.5 Å². The summed E-state index contributed by atoms with van der Waals surface area (Å²) in [5.74, 6) is -1.90. The molecule has 0 bridgehead atoms. The molecule has 51 heavy (non-hydrogen) atoms. The number of morpholine rings is 1. The van der Waals surface area contributed by atoms with Gasteiger partial charge in [-0.1, -0.05) is 0 Å². The number of anilines is 3. The summed E-state index contributed by atoms with van der Waals surface area (Å²) in [6.07, 6.45) is -12.7. The van der Waals surface area contributed by atoms with E-state index in [0.717, 1.165) is 15.9 Å². The fraction of sp³-hybridized carbons (Fsp3) is 0.419. The summed E-state index contributed by atoms with van der Waals surface area (Å²) < 4.78 is 129. The Balaban J connectivity index is 1.85. The molecule has 3 aromatic rings. The molecule has 278 valence electrons. The van der Waals surface area contributed by atoms with Crippen molar-refractivity contribution in [2.75, 3.05) is 54.2 Å². The lowest BCUT2D eigenvalue weighted by atomic mass is 10.0. The Hall–Kier alpha value is -4.85. The first-order valence-electron chi connectivity index (χ1n) is 15.1. The Labute approximate surface area is 284 Å². The average Bonchev–Trinajstić information content (AvgIpc) is 3.06. The zero-order valence-electron chi connectivity index (χ0n) is 26.6. The number of benzene rings is 2. The number of hydrogen-bond acceptors (Lipinski definition) is 8. The number of aliphatic carboxylic acids is 1. The number of amides is 2. The van der Waals surface area contributed by atoms with Gasteiger partial charge in [-0.3, -0.25) is 4.90 Å². The SMILES string of the molecule is CCN(C(=O)NC(CO)C(=O)O)c1ccc(C(F)(F)F)cc1CN(Cc1cc(C(F)(F)F)cc(C(F)(F)F)c1)c1ncc(N2CCOCC2)cn1. The monoisotopic (exact) mass is 738 g/mol. The van der Waals surface area contributed by atoms with Crippen LogP contribution in [0, 0.1) is 0 Å². The molecule has 1 aromatic heterocycles. The minimum absolute atomic E-state index is 0.0686. The predicted molar refractivity (Wildman–Crippen MR) is 163 cm³/mol. The number of carbonyl (C=O) groups is 2. The molecule has 1 aliphatic heterocycles. The summed E-state index contributed by atoms with van der Waals surface area (Å²) in [5, 5.41) is 20.7. The molecule has 3 N–H and O–H groups in total. The average molecular weight is 739 g/mol. The minimum Gasteiger partial charge on any atom is -0.480 e. The number of ether oxygens (including phenoxy) is 1. The highest BCUT2D eigenvalue weighted by atomic mass is 19.4. The van der Waals surface area contributed by atoms with Crippen molar-refractivity contribution in [1.82, 2.24) is 15.3 Å². The summed E-state index contributed by atoms with van der Waals surface area (Å²) in [5.41, 5.74) is -5.03. The van der Waals surface area contributed by atoms with Gasteiger partial charge in [-0.05, 0) is 54.4 Å². The third-order valence-corrected chi connectivity index (χ3v) is 7.70. The Bertz CT molecular complexity index is 1650. The summed E-state index contributed by atoms with van der Waals surface area (Å²) in [7, 11) is 0. The second kappa shape index (κ2) is 15.6. The van der Waals surface area contributed by atoms with Crippen molar-refractivity contribution in [3.05, 3.63) is 76.6 Å². The summed E-state index contributed by atoms with van der Waals surface area (Å²) in [4.78, 5) is 36.8. The van der Waals surface area contributed by atoms with Gasteiger partial charge in [-0.25, -0.2) is 19.6 Å². The molecule has 0 saturated carbocycles. The number of nitrogens with zero attached hydrogens (tertiary/aromatic N) is 5. The van der Waals surface area contributed by atoms with Crippen molar-refractivity contribution < 1.29 is 64.1 Å². The molecule has 2 heterocycles. The van der Waals surface area contributed by atoms with Gasteiger partial charge in [0, 0.05) is 32.7 Å².